The Hall–Kier alpha value is -2.74. The Labute approximate surface area is 150 Å². The topological polar surface area (TPSA) is 107 Å². The molecule has 5 N–H and O–H groups in total. The van der Waals surface area contributed by atoms with E-state index in [1.165, 1.54) is 4.88 Å². The minimum absolute atomic E-state index is 0.262. The van der Waals surface area contributed by atoms with E-state index in [1.54, 1.807) is 11.3 Å². The summed E-state index contributed by atoms with van der Waals surface area (Å²) in [6.45, 7) is 1.43. The predicted molar refractivity (Wildman–Crippen MR) is 100 cm³/mol. The summed E-state index contributed by atoms with van der Waals surface area (Å²) in [7, 11) is 0. The zero-order chi connectivity index (χ0) is 17.5. The van der Waals surface area contributed by atoms with E-state index in [9.17, 15) is 0 Å². The van der Waals surface area contributed by atoms with Crippen LogP contribution in [0, 0.1) is 0 Å². The van der Waals surface area contributed by atoms with Gasteiger partial charge in [-0.25, -0.2) is 0 Å². The normalized spacial score (nSPS) is 13.9. The van der Waals surface area contributed by atoms with Gasteiger partial charge in [0.2, 0.25) is 6.79 Å². The maximum absolute atomic E-state index is 5.83. The molecule has 1 aliphatic rings. The smallest absolute Gasteiger partial charge is 0.231 e. The van der Waals surface area contributed by atoms with E-state index >= 15 is 0 Å². The minimum Gasteiger partial charge on any atom is -0.454 e. The average molecular weight is 359 g/mol. The standard InChI is InChI=1S/C17H21N5O2S/c18-16(22-17(19)21-8-6-13-2-1-9-25-13)20-7-5-12-3-4-14-15(10-12)24-11-23-14/h1-4,9-10H,5-8,11H2,(H5,18,19,20,21,22). The lowest BCUT2D eigenvalue weighted by Gasteiger charge is -2.05. The fourth-order valence-electron chi connectivity index (χ4n) is 2.35. The van der Waals surface area contributed by atoms with Crippen LogP contribution < -0.4 is 26.3 Å². The third-order valence-corrected chi connectivity index (χ3v) is 4.53. The van der Waals surface area contributed by atoms with Crippen molar-refractivity contribution in [2.24, 2.45) is 21.5 Å². The Balaban J connectivity index is 1.42. The molecule has 3 rings (SSSR count). The molecular formula is C17H21N5O2S. The van der Waals surface area contributed by atoms with Crippen molar-refractivity contribution >= 4 is 23.3 Å². The number of hydrogen-bond donors (Lipinski definition) is 3. The lowest BCUT2D eigenvalue weighted by molar-refractivity contribution is 0.174. The second-order valence-corrected chi connectivity index (χ2v) is 6.46. The molecule has 0 fully saturated rings. The van der Waals surface area contributed by atoms with Crippen LogP contribution in [-0.4, -0.2) is 31.8 Å². The van der Waals surface area contributed by atoms with Gasteiger partial charge < -0.3 is 20.9 Å². The molecule has 0 spiro atoms. The first-order valence-corrected chi connectivity index (χ1v) is 8.86. The molecular weight excluding hydrogens is 338 g/mol. The molecule has 8 heteroatoms. The number of rotatable bonds is 6. The second-order valence-electron chi connectivity index (χ2n) is 5.43. The number of guanidine groups is 2. The van der Waals surface area contributed by atoms with Crippen LogP contribution in [-0.2, 0) is 12.8 Å². The number of nitrogens with one attached hydrogen (secondary N) is 1. The molecule has 1 aliphatic heterocycles. The van der Waals surface area contributed by atoms with Gasteiger partial charge in [-0.15, -0.1) is 11.3 Å². The predicted octanol–water partition coefficient (Wildman–Crippen LogP) is 1.48. The molecule has 0 saturated heterocycles. The first kappa shape index (κ1) is 17.1. The molecule has 0 bridgehead atoms. The number of fused-ring (bicyclic) bond motifs is 1. The summed E-state index contributed by atoms with van der Waals surface area (Å²) >= 11 is 1.71. The third-order valence-electron chi connectivity index (χ3n) is 3.60. The van der Waals surface area contributed by atoms with Gasteiger partial charge in [-0.1, -0.05) is 12.1 Å². The van der Waals surface area contributed by atoms with E-state index in [4.69, 9.17) is 20.9 Å². The molecule has 132 valence electrons. The zero-order valence-corrected chi connectivity index (χ0v) is 14.6. The molecule has 0 aliphatic carbocycles. The van der Waals surface area contributed by atoms with Crippen molar-refractivity contribution in [3.63, 3.8) is 0 Å². The van der Waals surface area contributed by atoms with Gasteiger partial charge in [0.25, 0.3) is 0 Å². The van der Waals surface area contributed by atoms with Crippen molar-refractivity contribution in [2.45, 2.75) is 12.8 Å². The molecule has 0 amide bonds. The van der Waals surface area contributed by atoms with Gasteiger partial charge in [-0.2, -0.15) is 0 Å². The summed E-state index contributed by atoms with van der Waals surface area (Å²) < 4.78 is 10.6. The van der Waals surface area contributed by atoms with Crippen LogP contribution in [0.4, 0.5) is 0 Å². The molecule has 0 radical (unpaired) electrons. The molecule has 2 aromatic rings. The Morgan fingerprint density at radius 2 is 1.80 bits per heavy atom. The quantitative estimate of drug-likeness (QED) is 0.535. The highest BCUT2D eigenvalue weighted by Crippen LogP contribution is 2.32. The van der Waals surface area contributed by atoms with E-state index < -0.39 is 0 Å². The lowest BCUT2D eigenvalue weighted by Crippen LogP contribution is -2.41. The van der Waals surface area contributed by atoms with Gasteiger partial charge in [0.1, 0.15) is 0 Å². The Morgan fingerprint density at radius 1 is 1.04 bits per heavy atom. The van der Waals surface area contributed by atoms with Crippen LogP contribution in [0.15, 0.2) is 45.7 Å². The molecule has 25 heavy (non-hydrogen) atoms. The Kier molecular flexibility index (Phi) is 5.73. The van der Waals surface area contributed by atoms with Crippen LogP contribution in [0.2, 0.25) is 0 Å². The third kappa shape index (κ3) is 5.12. The molecule has 0 unspecified atom stereocenters. The average Bonchev–Trinajstić information content (AvgIpc) is 3.25. The second kappa shape index (κ2) is 8.39. The summed E-state index contributed by atoms with van der Waals surface area (Å²) in [4.78, 5) is 9.79. The number of thiophene rings is 1. The molecule has 0 saturated carbocycles. The summed E-state index contributed by atoms with van der Waals surface area (Å²) in [5, 5.41) is 4.85. The minimum atomic E-state index is 0.262. The molecule has 7 nitrogen and oxygen atoms in total. The van der Waals surface area contributed by atoms with Gasteiger partial charge in [0, 0.05) is 24.4 Å². The molecule has 1 aromatic carbocycles. The number of nitrogens with two attached hydrogens (primary N) is 2. The fraction of sp³-hybridized carbons (Fsp3) is 0.294. The van der Waals surface area contributed by atoms with Crippen LogP contribution >= 0.6 is 11.3 Å². The van der Waals surface area contributed by atoms with Crippen LogP contribution in [0.5, 0.6) is 11.5 Å². The van der Waals surface area contributed by atoms with E-state index in [0.29, 0.717) is 13.1 Å². The van der Waals surface area contributed by atoms with Crippen molar-refractivity contribution in [2.75, 3.05) is 19.9 Å². The first-order chi connectivity index (χ1) is 12.2. The summed E-state index contributed by atoms with van der Waals surface area (Å²) in [6, 6.07) is 9.96. The van der Waals surface area contributed by atoms with E-state index in [-0.39, 0.29) is 18.7 Å². The zero-order valence-electron chi connectivity index (χ0n) is 13.8. The number of aliphatic imine (C=N–C) groups is 2. The number of ether oxygens (including phenoxy) is 2. The number of benzene rings is 1. The highest BCUT2D eigenvalue weighted by Gasteiger charge is 2.12. The molecule has 2 heterocycles. The van der Waals surface area contributed by atoms with Crippen molar-refractivity contribution in [1.82, 2.24) is 5.32 Å². The van der Waals surface area contributed by atoms with Gasteiger partial charge in [-0.05, 0) is 35.6 Å². The molecule has 0 atom stereocenters. The lowest BCUT2D eigenvalue weighted by atomic mass is 10.1. The molecule has 1 aromatic heterocycles. The van der Waals surface area contributed by atoms with Gasteiger partial charge in [0.15, 0.2) is 23.4 Å². The van der Waals surface area contributed by atoms with Gasteiger partial charge in [0.05, 0.1) is 0 Å². The van der Waals surface area contributed by atoms with Crippen molar-refractivity contribution in [3.8, 4) is 11.5 Å². The maximum atomic E-state index is 5.83. The number of nitrogens with zero attached hydrogens (tertiary/aromatic N) is 2. The Bertz CT molecular complexity index is 758. The summed E-state index contributed by atoms with van der Waals surface area (Å²) in [5.41, 5.74) is 12.7. The van der Waals surface area contributed by atoms with Crippen molar-refractivity contribution in [3.05, 3.63) is 46.2 Å². The highest BCUT2D eigenvalue weighted by molar-refractivity contribution is 7.09. The first-order valence-electron chi connectivity index (χ1n) is 7.98. The SMILES string of the molecule is NC(=NCCc1ccc2c(c1)OCO2)NC(N)=NCCc1cccs1. The van der Waals surface area contributed by atoms with Gasteiger partial charge >= 0.3 is 0 Å². The van der Waals surface area contributed by atoms with E-state index in [1.807, 2.05) is 29.6 Å². The van der Waals surface area contributed by atoms with Crippen molar-refractivity contribution in [1.29, 1.82) is 0 Å². The Morgan fingerprint density at radius 3 is 2.56 bits per heavy atom. The summed E-state index contributed by atoms with van der Waals surface area (Å²) in [6.07, 6.45) is 1.61. The van der Waals surface area contributed by atoms with Crippen LogP contribution in [0.25, 0.3) is 0 Å². The maximum Gasteiger partial charge on any atom is 0.231 e. The number of hydrogen-bond acceptors (Lipinski definition) is 5. The highest BCUT2D eigenvalue weighted by atomic mass is 32.1. The fourth-order valence-corrected chi connectivity index (χ4v) is 3.05. The monoisotopic (exact) mass is 359 g/mol. The van der Waals surface area contributed by atoms with E-state index in [0.717, 1.165) is 29.9 Å². The van der Waals surface area contributed by atoms with Crippen LogP contribution in [0.1, 0.15) is 10.4 Å². The van der Waals surface area contributed by atoms with Gasteiger partial charge in [-0.3, -0.25) is 15.3 Å². The van der Waals surface area contributed by atoms with Crippen molar-refractivity contribution < 1.29 is 9.47 Å². The largest absolute Gasteiger partial charge is 0.454 e. The summed E-state index contributed by atoms with van der Waals surface area (Å²) in [5.74, 6) is 2.09. The van der Waals surface area contributed by atoms with Crippen LogP contribution in [0.3, 0.4) is 0 Å². The van der Waals surface area contributed by atoms with E-state index in [2.05, 4.69) is 21.4 Å².